The third-order valence-electron chi connectivity index (χ3n) is 4.36. The minimum Gasteiger partial charge on any atom is -0.322 e. The van der Waals surface area contributed by atoms with E-state index in [1.807, 2.05) is 37.4 Å². The molecule has 7 heteroatoms. The Bertz CT molecular complexity index is 1160. The number of nitrogens with one attached hydrogen (secondary N) is 2. The maximum Gasteiger partial charge on any atom is 0.261 e. The van der Waals surface area contributed by atoms with Gasteiger partial charge in [-0.15, -0.1) is 11.8 Å². The number of anilines is 2. The second-order valence-electron chi connectivity index (χ2n) is 6.64. The molecule has 5 nitrogen and oxygen atoms in total. The van der Waals surface area contributed by atoms with E-state index in [0.29, 0.717) is 22.5 Å². The van der Waals surface area contributed by atoms with Crippen molar-refractivity contribution >= 4 is 39.1 Å². The number of rotatable bonds is 6. The molecule has 0 atom stereocenters. The quantitative estimate of drug-likeness (QED) is 0.539. The second kappa shape index (κ2) is 8.71. The molecular weight excluding hydrogens is 404 g/mol. The topological polar surface area (TPSA) is 75.3 Å². The van der Waals surface area contributed by atoms with Crippen molar-refractivity contribution in [3.8, 4) is 0 Å². The van der Waals surface area contributed by atoms with Crippen LogP contribution in [0.5, 0.6) is 0 Å². The van der Waals surface area contributed by atoms with E-state index in [1.54, 1.807) is 49.0 Å². The van der Waals surface area contributed by atoms with Crippen LogP contribution in [0.4, 0.5) is 11.4 Å². The van der Waals surface area contributed by atoms with Crippen molar-refractivity contribution in [2.45, 2.75) is 23.6 Å². The summed E-state index contributed by atoms with van der Waals surface area (Å²) in [6.07, 6.45) is 1.96. The fourth-order valence-electron chi connectivity index (χ4n) is 2.83. The van der Waals surface area contributed by atoms with Crippen molar-refractivity contribution in [1.29, 1.82) is 0 Å². The molecule has 3 aromatic carbocycles. The van der Waals surface area contributed by atoms with E-state index in [2.05, 4.69) is 10.0 Å². The highest BCUT2D eigenvalue weighted by molar-refractivity contribution is 7.98. The molecule has 0 fully saturated rings. The summed E-state index contributed by atoms with van der Waals surface area (Å²) < 4.78 is 28.2. The van der Waals surface area contributed by atoms with Gasteiger partial charge in [0.05, 0.1) is 4.90 Å². The number of amides is 1. The lowest BCUT2D eigenvalue weighted by atomic mass is 10.1. The van der Waals surface area contributed by atoms with Crippen molar-refractivity contribution in [1.82, 2.24) is 0 Å². The number of hydrogen-bond donors (Lipinski definition) is 2. The van der Waals surface area contributed by atoms with Crippen LogP contribution < -0.4 is 10.0 Å². The zero-order valence-electron chi connectivity index (χ0n) is 16.4. The molecule has 29 heavy (non-hydrogen) atoms. The smallest absolute Gasteiger partial charge is 0.261 e. The summed E-state index contributed by atoms with van der Waals surface area (Å²) in [6, 6.07) is 19.1. The van der Waals surface area contributed by atoms with Gasteiger partial charge in [0.15, 0.2) is 0 Å². The molecule has 0 radical (unpaired) electrons. The Hall–Kier alpha value is -2.77. The van der Waals surface area contributed by atoms with E-state index < -0.39 is 10.0 Å². The van der Waals surface area contributed by atoms with Crippen LogP contribution in [0.25, 0.3) is 0 Å². The Kier molecular flexibility index (Phi) is 6.30. The molecule has 0 spiro atoms. The number of carbonyl (C=O) groups is 1. The molecule has 0 aliphatic carbocycles. The van der Waals surface area contributed by atoms with E-state index in [1.165, 1.54) is 12.1 Å². The predicted octanol–water partition coefficient (Wildman–Crippen LogP) is 5.08. The average Bonchev–Trinajstić information content (AvgIpc) is 2.68. The lowest BCUT2D eigenvalue weighted by Crippen LogP contribution is -2.17. The first-order chi connectivity index (χ1) is 13.8. The summed E-state index contributed by atoms with van der Waals surface area (Å²) >= 11 is 1.58. The Morgan fingerprint density at radius 1 is 0.897 bits per heavy atom. The van der Waals surface area contributed by atoms with Gasteiger partial charge >= 0.3 is 0 Å². The summed E-state index contributed by atoms with van der Waals surface area (Å²) in [4.78, 5) is 13.8. The molecule has 0 saturated heterocycles. The highest BCUT2D eigenvalue weighted by atomic mass is 32.2. The van der Waals surface area contributed by atoms with Gasteiger partial charge in [0.1, 0.15) is 0 Å². The van der Waals surface area contributed by atoms with Crippen LogP contribution in [0.15, 0.2) is 76.5 Å². The minimum atomic E-state index is -3.82. The number of hydrogen-bond acceptors (Lipinski definition) is 4. The number of thioether (sulfide) groups is 1. The van der Waals surface area contributed by atoms with Crippen molar-refractivity contribution in [2.75, 3.05) is 16.3 Å². The van der Waals surface area contributed by atoms with Gasteiger partial charge in [-0.3, -0.25) is 9.52 Å². The molecule has 3 aromatic rings. The number of aryl methyl sites for hydroxylation is 2. The Labute approximate surface area is 175 Å². The van der Waals surface area contributed by atoms with E-state index in [0.717, 1.165) is 10.5 Å². The fourth-order valence-corrected chi connectivity index (χ4v) is 4.37. The van der Waals surface area contributed by atoms with Crippen LogP contribution in [0.3, 0.4) is 0 Å². The molecule has 0 saturated carbocycles. The molecule has 0 aromatic heterocycles. The second-order valence-corrected chi connectivity index (χ2v) is 9.20. The van der Waals surface area contributed by atoms with Crippen LogP contribution in [-0.4, -0.2) is 20.6 Å². The lowest BCUT2D eigenvalue weighted by molar-refractivity contribution is 0.102. The maximum atomic E-state index is 12.8. The molecule has 3 rings (SSSR count). The molecule has 1 amide bonds. The van der Waals surface area contributed by atoms with Crippen molar-refractivity contribution < 1.29 is 13.2 Å². The monoisotopic (exact) mass is 426 g/mol. The van der Waals surface area contributed by atoms with Gasteiger partial charge in [0, 0.05) is 21.8 Å². The van der Waals surface area contributed by atoms with Gasteiger partial charge in [0.2, 0.25) is 0 Å². The van der Waals surface area contributed by atoms with Gasteiger partial charge in [-0.25, -0.2) is 8.42 Å². The molecule has 0 unspecified atom stereocenters. The first-order valence-electron chi connectivity index (χ1n) is 8.94. The van der Waals surface area contributed by atoms with Crippen LogP contribution in [0, 0.1) is 13.8 Å². The van der Waals surface area contributed by atoms with Crippen LogP contribution in [0.1, 0.15) is 21.5 Å². The van der Waals surface area contributed by atoms with Gasteiger partial charge < -0.3 is 5.32 Å². The third kappa shape index (κ3) is 5.19. The van der Waals surface area contributed by atoms with E-state index in [-0.39, 0.29) is 10.8 Å². The zero-order chi connectivity index (χ0) is 21.0. The van der Waals surface area contributed by atoms with Crippen molar-refractivity contribution in [2.24, 2.45) is 0 Å². The number of benzene rings is 3. The number of carbonyl (C=O) groups excluding carboxylic acids is 1. The first-order valence-corrected chi connectivity index (χ1v) is 11.6. The molecular formula is C22H22N2O3S2. The van der Waals surface area contributed by atoms with E-state index >= 15 is 0 Å². The Morgan fingerprint density at radius 2 is 1.62 bits per heavy atom. The minimum absolute atomic E-state index is 0.0348. The molecule has 0 heterocycles. The van der Waals surface area contributed by atoms with Crippen LogP contribution in [-0.2, 0) is 10.0 Å². The Morgan fingerprint density at radius 3 is 2.34 bits per heavy atom. The van der Waals surface area contributed by atoms with Gasteiger partial charge in [-0.2, -0.15) is 0 Å². The SMILES string of the molecule is CSc1cccc(NC(=O)c2cc(S(=O)(=O)Nc3cccc(C)c3)ccc2C)c1. The molecule has 0 aliphatic rings. The molecule has 2 N–H and O–H groups in total. The van der Waals surface area contributed by atoms with Crippen molar-refractivity contribution in [3.05, 3.63) is 83.4 Å². The summed E-state index contributed by atoms with van der Waals surface area (Å²) in [6.45, 7) is 3.66. The third-order valence-corrected chi connectivity index (χ3v) is 6.47. The molecule has 0 bridgehead atoms. The maximum absolute atomic E-state index is 12.8. The largest absolute Gasteiger partial charge is 0.322 e. The number of sulfonamides is 1. The van der Waals surface area contributed by atoms with E-state index in [9.17, 15) is 13.2 Å². The van der Waals surface area contributed by atoms with Gasteiger partial charge in [0.25, 0.3) is 15.9 Å². The van der Waals surface area contributed by atoms with Gasteiger partial charge in [-0.1, -0.05) is 24.3 Å². The fraction of sp³-hybridized carbons (Fsp3) is 0.136. The summed E-state index contributed by atoms with van der Waals surface area (Å²) in [5.74, 6) is -0.353. The van der Waals surface area contributed by atoms with Gasteiger partial charge in [-0.05, 0) is 73.7 Å². The zero-order valence-corrected chi connectivity index (χ0v) is 18.0. The highest BCUT2D eigenvalue weighted by Crippen LogP contribution is 2.23. The summed E-state index contributed by atoms with van der Waals surface area (Å²) in [5, 5.41) is 2.84. The average molecular weight is 427 g/mol. The standard InChI is InChI=1S/C22H22N2O3S2/c1-15-6-4-8-18(12-15)24-29(26,27)20-11-10-16(2)21(14-20)22(25)23-17-7-5-9-19(13-17)28-3/h4-14,24H,1-3H3,(H,23,25). The lowest BCUT2D eigenvalue weighted by Gasteiger charge is -2.12. The Balaban J connectivity index is 1.87. The molecule has 150 valence electrons. The molecule has 0 aliphatic heterocycles. The normalized spacial score (nSPS) is 11.1. The van der Waals surface area contributed by atoms with E-state index in [4.69, 9.17) is 0 Å². The highest BCUT2D eigenvalue weighted by Gasteiger charge is 2.18. The first kappa shape index (κ1) is 21.0. The van der Waals surface area contributed by atoms with Crippen LogP contribution in [0.2, 0.25) is 0 Å². The predicted molar refractivity (Wildman–Crippen MR) is 119 cm³/mol. The van der Waals surface area contributed by atoms with Crippen molar-refractivity contribution in [3.63, 3.8) is 0 Å². The summed E-state index contributed by atoms with van der Waals surface area (Å²) in [7, 11) is -3.82. The van der Waals surface area contributed by atoms with Crippen LogP contribution >= 0.6 is 11.8 Å². The summed E-state index contributed by atoms with van der Waals surface area (Å²) in [5.41, 5.74) is 3.09.